The lowest BCUT2D eigenvalue weighted by molar-refractivity contribution is 0.102. The van der Waals surface area contributed by atoms with Crippen molar-refractivity contribution in [3.63, 3.8) is 0 Å². The lowest BCUT2D eigenvalue weighted by atomic mass is 10.1. The van der Waals surface area contributed by atoms with Crippen LogP contribution in [-0.2, 0) is 0 Å². The Morgan fingerprint density at radius 1 is 0.793 bits per heavy atom. The van der Waals surface area contributed by atoms with E-state index in [2.05, 4.69) is 10.6 Å². The predicted molar refractivity (Wildman–Crippen MR) is 108 cm³/mol. The van der Waals surface area contributed by atoms with Crippen LogP contribution in [0.3, 0.4) is 0 Å². The van der Waals surface area contributed by atoms with Crippen LogP contribution in [0.4, 0.5) is 15.8 Å². The van der Waals surface area contributed by atoms with Gasteiger partial charge in [0.05, 0.1) is 19.9 Å². The van der Waals surface area contributed by atoms with Crippen molar-refractivity contribution < 1.29 is 23.5 Å². The Kier molecular flexibility index (Phi) is 6.09. The molecule has 3 aromatic carbocycles. The van der Waals surface area contributed by atoms with E-state index in [4.69, 9.17) is 9.47 Å². The molecule has 2 amide bonds. The molecule has 0 aliphatic rings. The minimum absolute atomic E-state index is 0.263. The first kappa shape index (κ1) is 19.9. The Labute approximate surface area is 167 Å². The summed E-state index contributed by atoms with van der Waals surface area (Å²) in [4.78, 5) is 25.1. The first-order chi connectivity index (χ1) is 14.0. The van der Waals surface area contributed by atoms with E-state index in [1.165, 1.54) is 38.5 Å². The fourth-order valence-electron chi connectivity index (χ4n) is 2.68. The molecule has 0 heterocycles. The van der Waals surface area contributed by atoms with E-state index >= 15 is 0 Å². The highest BCUT2D eigenvalue weighted by atomic mass is 19.1. The van der Waals surface area contributed by atoms with Crippen LogP contribution in [0.15, 0.2) is 66.7 Å². The molecular formula is C22H19FN2O4. The number of rotatable bonds is 6. The summed E-state index contributed by atoms with van der Waals surface area (Å²) in [5.41, 5.74) is 1.30. The molecule has 0 aromatic heterocycles. The fraction of sp³-hybridized carbons (Fsp3) is 0.0909. The molecule has 0 saturated heterocycles. The molecule has 0 bridgehead atoms. The van der Waals surface area contributed by atoms with Crippen molar-refractivity contribution >= 4 is 23.2 Å². The van der Waals surface area contributed by atoms with Crippen LogP contribution >= 0.6 is 0 Å². The highest BCUT2D eigenvalue weighted by Crippen LogP contribution is 2.29. The highest BCUT2D eigenvalue weighted by molar-refractivity contribution is 6.09. The number of carbonyl (C=O) groups is 2. The van der Waals surface area contributed by atoms with Crippen LogP contribution < -0.4 is 20.1 Å². The molecule has 2 N–H and O–H groups in total. The highest BCUT2D eigenvalue weighted by Gasteiger charge is 2.14. The number of hydrogen-bond donors (Lipinski definition) is 2. The Hall–Kier alpha value is -3.87. The topological polar surface area (TPSA) is 76.7 Å². The molecule has 0 unspecified atom stereocenters. The SMILES string of the molecule is COc1ccc(OC)c(NC(=O)c2cccc(C(=O)Nc3cccc(F)c3)c2)c1. The molecule has 6 nitrogen and oxygen atoms in total. The number of hydrogen-bond acceptors (Lipinski definition) is 4. The summed E-state index contributed by atoms with van der Waals surface area (Å²) in [5.74, 6) is -0.298. The van der Waals surface area contributed by atoms with Gasteiger partial charge in [-0.2, -0.15) is 0 Å². The molecule has 0 radical (unpaired) electrons. The Morgan fingerprint density at radius 3 is 2.14 bits per heavy atom. The quantitative estimate of drug-likeness (QED) is 0.652. The molecule has 0 fully saturated rings. The van der Waals surface area contributed by atoms with E-state index in [0.717, 1.165) is 0 Å². The third kappa shape index (κ3) is 4.90. The van der Waals surface area contributed by atoms with Crippen LogP contribution in [-0.4, -0.2) is 26.0 Å². The molecule has 0 aliphatic heterocycles. The maximum Gasteiger partial charge on any atom is 0.255 e. The number of halogens is 1. The van der Waals surface area contributed by atoms with Gasteiger partial charge >= 0.3 is 0 Å². The smallest absolute Gasteiger partial charge is 0.255 e. The molecule has 0 aliphatic carbocycles. The van der Waals surface area contributed by atoms with E-state index < -0.39 is 17.6 Å². The van der Waals surface area contributed by atoms with E-state index in [9.17, 15) is 14.0 Å². The van der Waals surface area contributed by atoms with Crippen LogP contribution in [0.2, 0.25) is 0 Å². The van der Waals surface area contributed by atoms with E-state index in [-0.39, 0.29) is 11.1 Å². The van der Waals surface area contributed by atoms with Crippen molar-refractivity contribution in [2.75, 3.05) is 24.9 Å². The minimum atomic E-state index is -0.455. The summed E-state index contributed by atoms with van der Waals surface area (Å²) < 4.78 is 23.7. The first-order valence-corrected chi connectivity index (χ1v) is 8.70. The van der Waals surface area contributed by atoms with Crippen molar-refractivity contribution in [1.29, 1.82) is 0 Å². The molecular weight excluding hydrogens is 375 g/mol. The molecule has 7 heteroatoms. The normalized spacial score (nSPS) is 10.2. The number of nitrogens with one attached hydrogen (secondary N) is 2. The van der Waals surface area contributed by atoms with Crippen molar-refractivity contribution in [3.8, 4) is 11.5 Å². The molecule has 29 heavy (non-hydrogen) atoms. The second-order valence-electron chi connectivity index (χ2n) is 6.07. The van der Waals surface area contributed by atoms with Gasteiger partial charge in [-0.3, -0.25) is 9.59 Å². The number of benzene rings is 3. The second-order valence-corrected chi connectivity index (χ2v) is 6.07. The second kappa shape index (κ2) is 8.88. The lowest BCUT2D eigenvalue weighted by Gasteiger charge is -2.12. The summed E-state index contributed by atoms with van der Waals surface area (Å²) in [6.45, 7) is 0. The number of methoxy groups -OCH3 is 2. The van der Waals surface area contributed by atoms with Crippen molar-refractivity contribution in [2.45, 2.75) is 0 Å². The zero-order chi connectivity index (χ0) is 20.8. The van der Waals surface area contributed by atoms with Crippen molar-refractivity contribution in [3.05, 3.63) is 83.7 Å². The van der Waals surface area contributed by atoms with Crippen molar-refractivity contribution in [1.82, 2.24) is 0 Å². The van der Waals surface area contributed by atoms with Gasteiger partial charge < -0.3 is 20.1 Å². The first-order valence-electron chi connectivity index (χ1n) is 8.70. The Balaban J connectivity index is 1.78. The van der Waals surface area contributed by atoms with E-state index in [1.807, 2.05) is 0 Å². The van der Waals surface area contributed by atoms with Crippen LogP contribution in [0.5, 0.6) is 11.5 Å². The minimum Gasteiger partial charge on any atom is -0.497 e. The van der Waals surface area contributed by atoms with Crippen LogP contribution in [0.25, 0.3) is 0 Å². The predicted octanol–water partition coefficient (Wildman–Crippen LogP) is 4.35. The van der Waals surface area contributed by atoms with Gasteiger partial charge in [-0.1, -0.05) is 12.1 Å². The Bertz CT molecular complexity index is 1050. The average molecular weight is 394 g/mol. The summed E-state index contributed by atoms with van der Waals surface area (Å²) in [7, 11) is 3.02. The molecule has 0 saturated carbocycles. The summed E-state index contributed by atoms with van der Waals surface area (Å²) in [6, 6.07) is 16.8. The number of ether oxygens (including phenoxy) is 2. The van der Waals surface area contributed by atoms with E-state index in [1.54, 1.807) is 42.5 Å². The molecule has 0 spiro atoms. The van der Waals surface area contributed by atoms with Crippen molar-refractivity contribution in [2.24, 2.45) is 0 Å². The maximum absolute atomic E-state index is 13.3. The van der Waals surface area contributed by atoms with Gasteiger partial charge in [-0.05, 0) is 48.5 Å². The molecule has 3 rings (SSSR count). The number of carbonyl (C=O) groups excluding carboxylic acids is 2. The van der Waals surface area contributed by atoms with Crippen LogP contribution in [0, 0.1) is 5.82 Å². The third-order valence-electron chi connectivity index (χ3n) is 4.12. The number of anilines is 2. The van der Waals surface area contributed by atoms with Gasteiger partial charge in [0, 0.05) is 22.9 Å². The Morgan fingerprint density at radius 2 is 1.48 bits per heavy atom. The molecule has 0 atom stereocenters. The standard InChI is InChI=1S/C22H19FN2O4/c1-28-18-9-10-20(29-2)19(13-18)25-22(27)15-6-3-5-14(11-15)21(26)24-17-8-4-7-16(23)12-17/h3-13H,1-2H3,(H,24,26)(H,25,27). The summed E-state index contributed by atoms with van der Waals surface area (Å²) >= 11 is 0. The fourth-order valence-corrected chi connectivity index (χ4v) is 2.68. The zero-order valence-electron chi connectivity index (χ0n) is 15.9. The lowest BCUT2D eigenvalue weighted by Crippen LogP contribution is -2.16. The largest absolute Gasteiger partial charge is 0.497 e. The monoisotopic (exact) mass is 394 g/mol. The molecule has 148 valence electrons. The maximum atomic E-state index is 13.3. The average Bonchev–Trinajstić information content (AvgIpc) is 2.73. The number of amides is 2. The van der Waals surface area contributed by atoms with Gasteiger partial charge in [0.25, 0.3) is 11.8 Å². The van der Waals surface area contributed by atoms with Crippen LogP contribution in [0.1, 0.15) is 20.7 Å². The van der Waals surface area contributed by atoms with Gasteiger partial charge in [0.1, 0.15) is 17.3 Å². The summed E-state index contributed by atoms with van der Waals surface area (Å²) in [6.07, 6.45) is 0. The third-order valence-corrected chi connectivity index (χ3v) is 4.12. The van der Waals surface area contributed by atoms with Gasteiger partial charge in [-0.15, -0.1) is 0 Å². The van der Waals surface area contributed by atoms with Gasteiger partial charge in [0.2, 0.25) is 0 Å². The van der Waals surface area contributed by atoms with Gasteiger partial charge in [-0.25, -0.2) is 4.39 Å². The zero-order valence-corrected chi connectivity index (χ0v) is 15.9. The molecule has 3 aromatic rings. The van der Waals surface area contributed by atoms with E-state index in [0.29, 0.717) is 22.9 Å². The summed E-state index contributed by atoms with van der Waals surface area (Å²) in [5, 5.41) is 5.35. The van der Waals surface area contributed by atoms with Gasteiger partial charge in [0.15, 0.2) is 0 Å².